The monoisotopic (exact) mass is 368 g/mol. The quantitative estimate of drug-likeness (QED) is 0.781. The lowest BCUT2D eigenvalue weighted by atomic mass is 9.92. The molecule has 0 bridgehead atoms. The lowest BCUT2D eigenvalue weighted by Gasteiger charge is -2.45. The van der Waals surface area contributed by atoms with Crippen LogP contribution in [0.4, 0.5) is 0 Å². The first-order valence-electron chi connectivity index (χ1n) is 8.87. The van der Waals surface area contributed by atoms with Crippen molar-refractivity contribution in [1.82, 2.24) is 18.7 Å². The number of nitrogens with zero attached hydrogens (tertiary/aromatic N) is 4. The van der Waals surface area contributed by atoms with Gasteiger partial charge < -0.3 is 9.47 Å². The summed E-state index contributed by atoms with van der Waals surface area (Å²) in [5.41, 5.74) is 0.617. The second-order valence-corrected chi connectivity index (χ2v) is 9.19. The molecular formula is C17H28N4O3S. The minimum Gasteiger partial charge on any atom is -0.347 e. The van der Waals surface area contributed by atoms with Gasteiger partial charge in [-0.3, -0.25) is 9.69 Å². The maximum Gasteiger partial charge on any atom is 0.270 e. The van der Waals surface area contributed by atoms with Crippen LogP contribution in [0, 0.1) is 0 Å². The van der Waals surface area contributed by atoms with Crippen LogP contribution in [0.5, 0.6) is 0 Å². The summed E-state index contributed by atoms with van der Waals surface area (Å²) in [6, 6.07) is 3.73. The van der Waals surface area contributed by atoms with Gasteiger partial charge in [0.05, 0.1) is 6.26 Å². The summed E-state index contributed by atoms with van der Waals surface area (Å²) in [7, 11) is -1.26. The number of piperazine rings is 1. The van der Waals surface area contributed by atoms with E-state index >= 15 is 0 Å². The third-order valence-corrected chi connectivity index (χ3v) is 7.07. The molecule has 0 aromatic carbocycles. The first-order valence-corrected chi connectivity index (χ1v) is 10.7. The first kappa shape index (κ1) is 18.4. The molecular weight excluding hydrogens is 340 g/mol. The van der Waals surface area contributed by atoms with Gasteiger partial charge in [-0.1, -0.05) is 6.92 Å². The van der Waals surface area contributed by atoms with Crippen LogP contribution in [0.1, 0.15) is 30.3 Å². The molecule has 0 spiro atoms. The SMILES string of the molecule is CCC1(N2CCN(C(=O)c3cccn3C)CC2)CCN(S(C)(=O)=O)C1. The van der Waals surface area contributed by atoms with Crippen LogP contribution in [0.3, 0.4) is 0 Å². The van der Waals surface area contributed by atoms with Crippen LogP contribution in [-0.2, 0) is 17.1 Å². The smallest absolute Gasteiger partial charge is 0.270 e. The fraction of sp³-hybridized carbons (Fsp3) is 0.706. The molecule has 1 amide bonds. The highest BCUT2D eigenvalue weighted by Gasteiger charge is 2.45. The molecule has 0 N–H and O–H groups in total. The fourth-order valence-corrected chi connectivity index (χ4v) is 5.00. The third kappa shape index (κ3) is 3.47. The minimum atomic E-state index is -3.14. The predicted octanol–water partition coefficient (Wildman–Crippen LogP) is 0.597. The molecule has 8 heteroatoms. The number of hydrogen-bond donors (Lipinski definition) is 0. The second-order valence-electron chi connectivity index (χ2n) is 7.21. The summed E-state index contributed by atoms with van der Waals surface area (Å²) < 4.78 is 27.2. The summed E-state index contributed by atoms with van der Waals surface area (Å²) in [6.07, 6.45) is 4.95. The van der Waals surface area contributed by atoms with Crippen LogP contribution < -0.4 is 0 Å². The molecule has 1 aromatic heterocycles. The summed E-state index contributed by atoms with van der Waals surface area (Å²) >= 11 is 0. The van der Waals surface area contributed by atoms with Gasteiger partial charge in [0, 0.05) is 58.1 Å². The van der Waals surface area contributed by atoms with Crippen LogP contribution in [0.15, 0.2) is 18.3 Å². The van der Waals surface area contributed by atoms with Crippen LogP contribution in [-0.4, -0.2) is 84.1 Å². The molecule has 2 aliphatic rings. The van der Waals surface area contributed by atoms with Crippen LogP contribution in [0.25, 0.3) is 0 Å². The average Bonchev–Trinajstić information content (AvgIpc) is 3.21. The minimum absolute atomic E-state index is 0.0712. The van der Waals surface area contributed by atoms with Gasteiger partial charge in [-0.15, -0.1) is 0 Å². The lowest BCUT2D eigenvalue weighted by molar-refractivity contribution is 0.0307. The molecule has 1 atom stereocenters. The van der Waals surface area contributed by atoms with E-state index in [2.05, 4.69) is 11.8 Å². The van der Waals surface area contributed by atoms with Gasteiger partial charge in [0.2, 0.25) is 10.0 Å². The molecule has 1 unspecified atom stereocenters. The molecule has 2 aliphatic heterocycles. The summed E-state index contributed by atoms with van der Waals surface area (Å²) in [5, 5.41) is 0. The number of rotatable bonds is 4. The topological polar surface area (TPSA) is 65.9 Å². The Hall–Kier alpha value is -1.38. The van der Waals surface area contributed by atoms with Crippen molar-refractivity contribution in [3.63, 3.8) is 0 Å². The van der Waals surface area contributed by atoms with Gasteiger partial charge in [-0.2, -0.15) is 0 Å². The highest BCUT2D eigenvalue weighted by atomic mass is 32.2. The van der Waals surface area contributed by atoms with Crippen LogP contribution >= 0.6 is 0 Å². The van der Waals surface area contributed by atoms with Crippen molar-refractivity contribution in [1.29, 1.82) is 0 Å². The van der Waals surface area contributed by atoms with E-state index in [1.165, 1.54) is 6.26 Å². The fourth-order valence-electron chi connectivity index (χ4n) is 4.10. The van der Waals surface area contributed by atoms with Crippen molar-refractivity contribution >= 4 is 15.9 Å². The molecule has 0 radical (unpaired) electrons. The first-order chi connectivity index (χ1) is 11.8. The van der Waals surface area contributed by atoms with E-state index in [-0.39, 0.29) is 11.4 Å². The Labute approximate surface area is 150 Å². The lowest BCUT2D eigenvalue weighted by Crippen LogP contribution is -2.59. The Bertz CT molecular complexity index is 737. The third-order valence-electron chi connectivity index (χ3n) is 5.82. The van der Waals surface area contributed by atoms with E-state index in [4.69, 9.17) is 0 Å². The van der Waals surface area contributed by atoms with E-state index in [0.29, 0.717) is 31.9 Å². The zero-order chi connectivity index (χ0) is 18.2. The number of aromatic nitrogens is 1. The van der Waals surface area contributed by atoms with E-state index < -0.39 is 10.0 Å². The maximum absolute atomic E-state index is 12.6. The highest BCUT2D eigenvalue weighted by Crippen LogP contribution is 2.33. The van der Waals surface area contributed by atoms with Crippen LogP contribution in [0.2, 0.25) is 0 Å². The van der Waals surface area contributed by atoms with Gasteiger partial charge in [-0.05, 0) is 25.0 Å². The average molecular weight is 369 g/mol. The van der Waals surface area contributed by atoms with Gasteiger partial charge >= 0.3 is 0 Å². The molecule has 0 saturated carbocycles. The maximum atomic E-state index is 12.6. The standard InChI is InChI=1S/C17H28N4O3S/c1-4-17(7-9-21(14-17)25(3,23)24)20-12-10-19(11-13-20)16(22)15-6-5-8-18(15)2/h5-6,8H,4,7,9-14H2,1-3H3. The molecule has 2 fully saturated rings. The number of carbonyl (C=O) groups is 1. The van der Waals surface area contributed by atoms with Crippen molar-refractivity contribution in [2.45, 2.75) is 25.3 Å². The van der Waals surface area contributed by atoms with Crippen molar-refractivity contribution in [3.8, 4) is 0 Å². The number of hydrogen-bond acceptors (Lipinski definition) is 4. The Morgan fingerprint density at radius 1 is 1.20 bits per heavy atom. The van der Waals surface area contributed by atoms with Gasteiger partial charge in [0.25, 0.3) is 5.91 Å². The van der Waals surface area contributed by atoms with Gasteiger partial charge in [0.1, 0.15) is 5.69 Å². The largest absolute Gasteiger partial charge is 0.347 e. The second kappa shape index (κ2) is 6.74. The molecule has 1 aromatic rings. The van der Waals surface area contributed by atoms with E-state index in [9.17, 15) is 13.2 Å². The normalized spacial score (nSPS) is 26.3. The number of amides is 1. The molecule has 7 nitrogen and oxygen atoms in total. The molecule has 2 saturated heterocycles. The molecule has 140 valence electrons. The molecule has 3 heterocycles. The molecule has 3 rings (SSSR count). The zero-order valence-corrected chi connectivity index (χ0v) is 16.1. The van der Waals surface area contributed by atoms with E-state index in [1.54, 1.807) is 4.31 Å². The summed E-state index contributed by atoms with van der Waals surface area (Å²) in [6.45, 7) is 6.25. The van der Waals surface area contributed by atoms with E-state index in [1.807, 2.05) is 34.8 Å². The van der Waals surface area contributed by atoms with Crippen molar-refractivity contribution in [3.05, 3.63) is 24.0 Å². The number of sulfonamides is 1. The number of aryl methyl sites for hydroxylation is 1. The Balaban J connectivity index is 1.65. The van der Waals surface area contributed by atoms with Gasteiger partial charge in [0.15, 0.2) is 0 Å². The summed E-state index contributed by atoms with van der Waals surface area (Å²) in [5.74, 6) is 0.0712. The molecule has 25 heavy (non-hydrogen) atoms. The Morgan fingerprint density at radius 2 is 1.88 bits per heavy atom. The Kier molecular flexibility index (Phi) is 4.96. The molecule has 0 aliphatic carbocycles. The highest BCUT2D eigenvalue weighted by molar-refractivity contribution is 7.88. The van der Waals surface area contributed by atoms with E-state index in [0.717, 1.165) is 25.9 Å². The Morgan fingerprint density at radius 3 is 2.36 bits per heavy atom. The van der Waals surface area contributed by atoms with Crippen molar-refractivity contribution in [2.24, 2.45) is 7.05 Å². The zero-order valence-electron chi connectivity index (χ0n) is 15.3. The summed E-state index contributed by atoms with van der Waals surface area (Å²) in [4.78, 5) is 16.9. The van der Waals surface area contributed by atoms with Crippen molar-refractivity contribution in [2.75, 3.05) is 45.5 Å². The number of carbonyl (C=O) groups excluding carboxylic acids is 1. The van der Waals surface area contributed by atoms with Gasteiger partial charge in [-0.25, -0.2) is 12.7 Å². The van der Waals surface area contributed by atoms with Crippen molar-refractivity contribution < 1.29 is 13.2 Å². The predicted molar refractivity (Wildman–Crippen MR) is 96.9 cm³/mol.